The van der Waals surface area contributed by atoms with E-state index in [9.17, 15) is 0 Å². The van der Waals surface area contributed by atoms with E-state index in [0.29, 0.717) is 43.6 Å². The average Bonchev–Trinajstić information content (AvgIpc) is 2.81. The smallest absolute Gasteiger partial charge is 0.203 e. The molecule has 2 aromatic carbocycles. The third-order valence-electron chi connectivity index (χ3n) is 4.43. The van der Waals surface area contributed by atoms with Gasteiger partial charge in [-0.15, -0.1) is 0 Å². The summed E-state index contributed by atoms with van der Waals surface area (Å²) in [5.41, 5.74) is 2.07. The zero-order valence-electron chi connectivity index (χ0n) is 19.0. The highest BCUT2D eigenvalue weighted by atomic mass is 16.5. The van der Waals surface area contributed by atoms with Crippen molar-refractivity contribution in [2.45, 2.75) is 20.0 Å². The van der Waals surface area contributed by atoms with E-state index in [1.165, 1.54) is 0 Å². The molecule has 0 heterocycles. The fourth-order valence-corrected chi connectivity index (χ4v) is 2.87. The molecule has 0 radical (unpaired) electrons. The Labute approximate surface area is 184 Å². The molecule has 8 heteroatoms. The van der Waals surface area contributed by atoms with Crippen LogP contribution in [0.25, 0.3) is 0 Å². The standard InChI is InChI=1S/C23H33N3O5/c1-6-24-23(25-15-17-7-9-19(10-8-17)31-12-11-27-2)26-16-18-13-20(28-3)22(30-5)21(14-18)29-4/h7-10,13-14H,6,11-12,15-16H2,1-5H3,(H2,24,25,26). The van der Waals surface area contributed by atoms with Gasteiger partial charge in [0.1, 0.15) is 12.4 Å². The normalized spacial score (nSPS) is 11.1. The van der Waals surface area contributed by atoms with Crippen molar-refractivity contribution in [2.24, 2.45) is 4.99 Å². The van der Waals surface area contributed by atoms with Crippen LogP contribution in [0.3, 0.4) is 0 Å². The average molecular weight is 432 g/mol. The maximum atomic E-state index is 5.60. The summed E-state index contributed by atoms with van der Waals surface area (Å²) in [5.74, 6) is 3.33. The number of guanidine groups is 1. The summed E-state index contributed by atoms with van der Waals surface area (Å²) in [6.45, 7) is 4.98. The highest BCUT2D eigenvalue weighted by Crippen LogP contribution is 2.38. The molecule has 0 aliphatic heterocycles. The minimum absolute atomic E-state index is 0.457. The fourth-order valence-electron chi connectivity index (χ4n) is 2.87. The second-order valence-electron chi connectivity index (χ2n) is 6.57. The monoisotopic (exact) mass is 431 g/mol. The predicted molar refractivity (Wildman–Crippen MR) is 122 cm³/mol. The SMILES string of the molecule is CCNC(=NCc1cc(OC)c(OC)c(OC)c1)NCc1ccc(OCCOC)cc1. The maximum Gasteiger partial charge on any atom is 0.203 e. The van der Waals surface area contributed by atoms with Crippen molar-refractivity contribution in [1.29, 1.82) is 0 Å². The quantitative estimate of drug-likeness (QED) is 0.304. The lowest BCUT2D eigenvalue weighted by Gasteiger charge is -2.14. The molecule has 0 atom stereocenters. The van der Waals surface area contributed by atoms with Crippen LogP contribution in [0, 0.1) is 0 Å². The molecule has 0 saturated carbocycles. The van der Waals surface area contributed by atoms with Gasteiger partial charge in [0.25, 0.3) is 0 Å². The zero-order valence-corrected chi connectivity index (χ0v) is 19.0. The van der Waals surface area contributed by atoms with E-state index < -0.39 is 0 Å². The maximum absolute atomic E-state index is 5.60. The fraction of sp³-hybridized carbons (Fsp3) is 0.435. The van der Waals surface area contributed by atoms with E-state index in [1.807, 2.05) is 43.3 Å². The van der Waals surface area contributed by atoms with Crippen molar-refractivity contribution in [2.75, 3.05) is 48.2 Å². The number of aliphatic imine (C=N–C) groups is 1. The highest BCUT2D eigenvalue weighted by molar-refractivity contribution is 5.79. The molecule has 0 bridgehead atoms. The van der Waals surface area contributed by atoms with Crippen LogP contribution in [-0.4, -0.2) is 54.2 Å². The zero-order chi connectivity index (χ0) is 22.5. The number of ether oxygens (including phenoxy) is 5. The lowest BCUT2D eigenvalue weighted by Crippen LogP contribution is -2.36. The van der Waals surface area contributed by atoms with Crippen molar-refractivity contribution >= 4 is 5.96 Å². The molecule has 2 rings (SSSR count). The molecule has 0 saturated heterocycles. The molecule has 0 unspecified atom stereocenters. The van der Waals surface area contributed by atoms with Gasteiger partial charge < -0.3 is 34.3 Å². The molecule has 2 N–H and O–H groups in total. The lowest BCUT2D eigenvalue weighted by atomic mass is 10.2. The first-order valence-electron chi connectivity index (χ1n) is 10.2. The van der Waals surface area contributed by atoms with Crippen LogP contribution in [0.5, 0.6) is 23.0 Å². The van der Waals surface area contributed by atoms with Gasteiger partial charge in [-0.1, -0.05) is 12.1 Å². The minimum Gasteiger partial charge on any atom is -0.493 e. The molecular weight excluding hydrogens is 398 g/mol. The topological polar surface area (TPSA) is 82.6 Å². The van der Waals surface area contributed by atoms with Crippen LogP contribution in [0.2, 0.25) is 0 Å². The molecule has 170 valence electrons. The summed E-state index contributed by atoms with van der Waals surface area (Å²) >= 11 is 0. The molecule has 0 amide bonds. The molecule has 0 aliphatic rings. The van der Waals surface area contributed by atoms with Gasteiger partial charge in [-0.3, -0.25) is 0 Å². The number of methoxy groups -OCH3 is 4. The van der Waals surface area contributed by atoms with Gasteiger partial charge >= 0.3 is 0 Å². The van der Waals surface area contributed by atoms with Crippen LogP contribution in [0.4, 0.5) is 0 Å². The number of rotatable bonds is 12. The molecular formula is C23H33N3O5. The molecule has 0 fully saturated rings. The van der Waals surface area contributed by atoms with E-state index in [-0.39, 0.29) is 0 Å². The largest absolute Gasteiger partial charge is 0.493 e. The molecule has 0 aromatic heterocycles. The van der Waals surface area contributed by atoms with Crippen LogP contribution in [0.1, 0.15) is 18.1 Å². The van der Waals surface area contributed by atoms with Crippen LogP contribution >= 0.6 is 0 Å². The summed E-state index contributed by atoms with van der Waals surface area (Å²) in [6.07, 6.45) is 0. The molecule has 8 nitrogen and oxygen atoms in total. The van der Waals surface area contributed by atoms with Crippen molar-refractivity contribution in [3.8, 4) is 23.0 Å². The van der Waals surface area contributed by atoms with Gasteiger partial charge in [0, 0.05) is 20.2 Å². The predicted octanol–water partition coefficient (Wildman–Crippen LogP) is 2.99. The Balaban J connectivity index is 2.02. The second-order valence-corrected chi connectivity index (χ2v) is 6.57. The van der Waals surface area contributed by atoms with Gasteiger partial charge in [-0.25, -0.2) is 4.99 Å². The summed E-state index contributed by atoms with van der Waals surface area (Å²) in [6, 6.07) is 11.8. The van der Waals surface area contributed by atoms with Crippen LogP contribution in [-0.2, 0) is 17.8 Å². The van der Waals surface area contributed by atoms with Crippen LogP contribution < -0.4 is 29.6 Å². The highest BCUT2D eigenvalue weighted by Gasteiger charge is 2.13. The summed E-state index contributed by atoms with van der Waals surface area (Å²) < 4.78 is 26.8. The first-order valence-corrected chi connectivity index (χ1v) is 10.2. The summed E-state index contributed by atoms with van der Waals surface area (Å²) in [5, 5.41) is 6.61. The molecule has 0 spiro atoms. The van der Waals surface area contributed by atoms with Crippen molar-refractivity contribution in [3.63, 3.8) is 0 Å². The number of hydrogen-bond acceptors (Lipinski definition) is 6. The first kappa shape index (κ1) is 24.1. The Morgan fingerprint density at radius 1 is 0.839 bits per heavy atom. The van der Waals surface area contributed by atoms with E-state index in [2.05, 4.69) is 15.6 Å². The van der Waals surface area contributed by atoms with Gasteiger partial charge in [-0.05, 0) is 42.3 Å². The van der Waals surface area contributed by atoms with E-state index in [1.54, 1.807) is 28.4 Å². The van der Waals surface area contributed by atoms with Crippen molar-refractivity contribution in [3.05, 3.63) is 47.5 Å². The third kappa shape index (κ3) is 7.57. The van der Waals surface area contributed by atoms with Crippen molar-refractivity contribution in [1.82, 2.24) is 10.6 Å². The number of benzene rings is 2. The van der Waals surface area contributed by atoms with Gasteiger partial charge in [0.15, 0.2) is 17.5 Å². The molecule has 0 aliphatic carbocycles. The van der Waals surface area contributed by atoms with E-state index in [0.717, 1.165) is 29.4 Å². The Kier molecular flexibility index (Phi) is 10.3. The Hall–Kier alpha value is -3.13. The van der Waals surface area contributed by atoms with Crippen LogP contribution in [0.15, 0.2) is 41.4 Å². The van der Waals surface area contributed by atoms with Crippen molar-refractivity contribution < 1.29 is 23.7 Å². The number of nitrogens with one attached hydrogen (secondary N) is 2. The Morgan fingerprint density at radius 3 is 2.06 bits per heavy atom. The third-order valence-corrected chi connectivity index (χ3v) is 4.43. The van der Waals surface area contributed by atoms with E-state index in [4.69, 9.17) is 23.7 Å². The molecule has 2 aromatic rings. The Bertz CT molecular complexity index is 799. The van der Waals surface area contributed by atoms with Gasteiger partial charge in [0.2, 0.25) is 5.75 Å². The molecule has 31 heavy (non-hydrogen) atoms. The minimum atomic E-state index is 0.457. The summed E-state index contributed by atoms with van der Waals surface area (Å²) in [7, 11) is 6.45. The lowest BCUT2D eigenvalue weighted by molar-refractivity contribution is 0.146. The Morgan fingerprint density at radius 2 is 1.52 bits per heavy atom. The van der Waals surface area contributed by atoms with E-state index >= 15 is 0 Å². The number of nitrogens with zero attached hydrogens (tertiary/aromatic N) is 1. The number of hydrogen-bond donors (Lipinski definition) is 2. The second kappa shape index (κ2) is 13.2. The van der Waals surface area contributed by atoms with Gasteiger partial charge in [-0.2, -0.15) is 0 Å². The first-order chi connectivity index (χ1) is 15.1. The summed E-state index contributed by atoms with van der Waals surface area (Å²) in [4.78, 5) is 4.68. The van der Waals surface area contributed by atoms with Gasteiger partial charge in [0.05, 0.1) is 34.5 Å².